The van der Waals surface area contributed by atoms with E-state index >= 15 is 0 Å². The van der Waals surface area contributed by atoms with Gasteiger partial charge in [0.25, 0.3) is 0 Å². The van der Waals surface area contributed by atoms with Crippen molar-refractivity contribution in [1.82, 2.24) is 4.31 Å². The second kappa shape index (κ2) is 10.00. The van der Waals surface area contributed by atoms with Gasteiger partial charge in [0.2, 0.25) is 10.0 Å². The van der Waals surface area contributed by atoms with Crippen LogP contribution in [0.2, 0.25) is 0 Å². The minimum Gasteiger partial charge on any atom is -0.493 e. The number of aryl methyl sites for hydroxylation is 1. The Labute approximate surface area is 186 Å². The summed E-state index contributed by atoms with van der Waals surface area (Å²) in [5.74, 6) is 6.51. The first-order valence-electron chi connectivity index (χ1n) is 10.4. The lowest BCUT2D eigenvalue weighted by Crippen LogP contribution is -2.39. The topological polar surface area (TPSA) is 46.6 Å². The zero-order valence-corrected chi connectivity index (χ0v) is 19.2. The van der Waals surface area contributed by atoms with E-state index in [1.54, 1.807) is 23.4 Å². The van der Waals surface area contributed by atoms with Gasteiger partial charge in [-0.05, 0) is 44.9 Å². The predicted molar refractivity (Wildman–Crippen MR) is 125 cm³/mol. The highest BCUT2D eigenvalue weighted by molar-refractivity contribution is 7.89. The number of hydrogen-bond acceptors (Lipinski definition) is 3. The molecule has 1 heterocycles. The average Bonchev–Trinajstić information content (AvgIpc) is 2.78. The Morgan fingerprint density at radius 2 is 1.87 bits per heavy atom. The van der Waals surface area contributed by atoms with E-state index < -0.39 is 10.0 Å². The molecule has 0 bridgehead atoms. The fourth-order valence-electron chi connectivity index (χ4n) is 3.60. The lowest BCUT2D eigenvalue weighted by molar-refractivity contribution is 0.194. The highest BCUT2D eigenvalue weighted by Gasteiger charge is 2.35. The van der Waals surface area contributed by atoms with Crippen LogP contribution in [0, 0.1) is 24.7 Å². The van der Waals surface area contributed by atoms with Crippen molar-refractivity contribution >= 4 is 10.0 Å². The second-order valence-electron chi connectivity index (χ2n) is 7.78. The van der Waals surface area contributed by atoms with Crippen molar-refractivity contribution in [3.05, 3.63) is 89.7 Å². The summed E-state index contributed by atoms with van der Waals surface area (Å²) in [5, 5.41) is 0. The lowest BCUT2D eigenvalue weighted by atomic mass is 9.98. The summed E-state index contributed by atoms with van der Waals surface area (Å²) in [7, 11) is -3.71. The molecule has 0 aromatic heterocycles. The SMILES string of the molecule is C=C(OCC(C)C#CC)C1=CCC(c2ccccc2)N(S(=O)(=O)c2ccc(C)cc2)C1. The summed E-state index contributed by atoms with van der Waals surface area (Å²) in [6, 6.07) is 16.4. The van der Waals surface area contributed by atoms with E-state index in [-0.39, 0.29) is 18.5 Å². The Kier molecular flexibility index (Phi) is 7.37. The number of nitrogens with zero attached hydrogens (tertiary/aromatic N) is 1. The van der Waals surface area contributed by atoms with Crippen LogP contribution >= 0.6 is 0 Å². The average molecular weight is 436 g/mol. The standard InChI is InChI=1S/C26H29NO3S/c1-5-9-21(3)19-30-22(4)24-14-17-26(23-10-7-6-8-11-23)27(18-24)31(28,29)25-15-12-20(2)13-16-25/h6-8,10-16,21,26H,4,17-19H2,1-3H3. The summed E-state index contributed by atoms with van der Waals surface area (Å²) >= 11 is 0. The number of rotatable bonds is 7. The Morgan fingerprint density at radius 1 is 1.19 bits per heavy atom. The van der Waals surface area contributed by atoms with Crippen LogP contribution in [0.3, 0.4) is 0 Å². The molecule has 0 amide bonds. The second-order valence-corrected chi connectivity index (χ2v) is 9.67. The smallest absolute Gasteiger partial charge is 0.243 e. The van der Waals surface area contributed by atoms with Crippen LogP contribution in [-0.2, 0) is 14.8 Å². The van der Waals surface area contributed by atoms with Crippen molar-refractivity contribution in [1.29, 1.82) is 0 Å². The first-order valence-corrected chi connectivity index (χ1v) is 11.8. The number of sulfonamides is 1. The summed E-state index contributed by atoms with van der Waals surface area (Å²) in [5.41, 5.74) is 2.77. The van der Waals surface area contributed by atoms with Gasteiger partial charge in [-0.15, -0.1) is 5.92 Å². The molecule has 2 aromatic carbocycles. The Bertz CT molecular complexity index is 1110. The van der Waals surface area contributed by atoms with Crippen LogP contribution in [-0.4, -0.2) is 25.9 Å². The molecule has 0 spiro atoms. The van der Waals surface area contributed by atoms with E-state index in [1.807, 2.05) is 62.4 Å². The fraction of sp³-hybridized carbons (Fsp3) is 0.308. The van der Waals surface area contributed by atoms with E-state index in [0.29, 0.717) is 23.7 Å². The molecule has 0 aliphatic carbocycles. The Morgan fingerprint density at radius 3 is 2.52 bits per heavy atom. The molecule has 0 saturated heterocycles. The third-order valence-electron chi connectivity index (χ3n) is 5.33. The zero-order valence-electron chi connectivity index (χ0n) is 18.3. The van der Waals surface area contributed by atoms with Crippen LogP contribution in [0.15, 0.2) is 83.5 Å². The van der Waals surface area contributed by atoms with Gasteiger partial charge < -0.3 is 4.74 Å². The molecule has 162 valence electrons. The highest BCUT2D eigenvalue weighted by Crippen LogP contribution is 2.36. The molecule has 3 rings (SSSR count). The largest absolute Gasteiger partial charge is 0.493 e. The molecule has 5 heteroatoms. The van der Waals surface area contributed by atoms with Gasteiger partial charge in [0.15, 0.2) is 0 Å². The minimum absolute atomic E-state index is 0.0791. The number of ether oxygens (including phenoxy) is 1. The van der Waals surface area contributed by atoms with Gasteiger partial charge in [-0.1, -0.05) is 66.6 Å². The molecule has 1 aliphatic heterocycles. The Hall–Kier alpha value is -2.81. The summed E-state index contributed by atoms with van der Waals surface area (Å²) < 4.78 is 34.6. The number of benzene rings is 2. The third kappa shape index (κ3) is 5.46. The van der Waals surface area contributed by atoms with Gasteiger partial charge in [0.05, 0.1) is 16.9 Å². The van der Waals surface area contributed by atoms with Gasteiger partial charge in [-0.25, -0.2) is 8.42 Å². The molecule has 2 atom stereocenters. The molecule has 0 N–H and O–H groups in total. The van der Waals surface area contributed by atoms with Crippen molar-refractivity contribution in [2.24, 2.45) is 5.92 Å². The van der Waals surface area contributed by atoms with Crippen LogP contribution in [0.5, 0.6) is 0 Å². The monoisotopic (exact) mass is 435 g/mol. The molecular weight excluding hydrogens is 406 g/mol. The van der Waals surface area contributed by atoms with E-state index in [9.17, 15) is 8.42 Å². The molecule has 0 fully saturated rings. The zero-order chi connectivity index (χ0) is 22.4. The van der Waals surface area contributed by atoms with Gasteiger partial charge >= 0.3 is 0 Å². The van der Waals surface area contributed by atoms with E-state index in [1.165, 1.54) is 0 Å². The normalized spacial score (nSPS) is 17.8. The maximum absolute atomic E-state index is 13.6. The van der Waals surface area contributed by atoms with E-state index in [4.69, 9.17) is 4.74 Å². The highest BCUT2D eigenvalue weighted by atomic mass is 32.2. The first-order chi connectivity index (χ1) is 14.8. The molecule has 2 aromatic rings. The van der Waals surface area contributed by atoms with Gasteiger partial charge in [0.1, 0.15) is 12.4 Å². The Balaban J connectivity index is 1.91. The summed E-state index contributed by atoms with van der Waals surface area (Å²) in [6.45, 7) is 10.4. The van der Waals surface area contributed by atoms with Crippen molar-refractivity contribution in [2.45, 2.75) is 38.1 Å². The summed E-state index contributed by atoms with van der Waals surface area (Å²) in [4.78, 5) is 0.290. The van der Waals surface area contributed by atoms with Crippen LogP contribution in [0.25, 0.3) is 0 Å². The van der Waals surface area contributed by atoms with Gasteiger partial charge in [-0.2, -0.15) is 4.31 Å². The molecule has 4 nitrogen and oxygen atoms in total. The van der Waals surface area contributed by atoms with Gasteiger partial charge in [-0.3, -0.25) is 0 Å². The quantitative estimate of drug-likeness (QED) is 0.441. The molecular formula is C26H29NO3S. The van der Waals surface area contributed by atoms with E-state index in [2.05, 4.69) is 18.4 Å². The molecule has 0 saturated carbocycles. The lowest BCUT2D eigenvalue weighted by Gasteiger charge is -2.35. The van der Waals surface area contributed by atoms with Crippen molar-refractivity contribution in [3.8, 4) is 11.8 Å². The maximum Gasteiger partial charge on any atom is 0.243 e. The van der Waals surface area contributed by atoms with Crippen LogP contribution in [0.4, 0.5) is 0 Å². The first kappa shape index (κ1) is 22.9. The molecule has 1 aliphatic rings. The van der Waals surface area contributed by atoms with Gasteiger partial charge in [0, 0.05) is 12.1 Å². The van der Waals surface area contributed by atoms with E-state index in [0.717, 1.165) is 16.7 Å². The van der Waals surface area contributed by atoms with Crippen molar-refractivity contribution in [3.63, 3.8) is 0 Å². The minimum atomic E-state index is -3.71. The molecule has 0 radical (unpaired) electrons. The molecule has 2 unspecified atom stereocenters. The summed E-state index contributed by atoms with van der Waals surface area (Å²) in [6.07, 6.45) is 2.59. The predicted octanol–water partition coefficient (Wildman–Crippen LogP) is 5.25. The van der Waals surface area contributed by atoms with Crippen molar-refractivity contribution < 1.29 is 13.2 Å². The molecule has 31 heavy (non-hydrogen) atoms. The number of hydrogen-bond donors (Lipinski definition) is 0. The fourth-order valence-corrected chi connectivity index (χ4v) is 5.20. The van der Waals surface area contributed by atoms with Crippen LogP contribution in [0.1, 0.15) is 37.4 Å². The van der Waals surface area contributed by atoms with Crippen LogP contribution < -0.4 is 0 Å². The van der Waals surface area contributed by atoms with Crippen molar-refractivity contribution in [2.75, 3.05) is 13.2 Å². The third-order valence-corrected chi connectivity index (χ3v) is 7.20. The maximum atomic E-state index is 13.6.